The van der Waals surface area contributed by atoms with Gasteiger partial charge in [-0.25, -0.2) is 14.3 Å². The van der Waals surface area contributed by atoms with Gasteiger partial charge < -0.3 is 4.90 Å². The predicted octanol–water partition coefficient (Wildman–Crippen LogP) is 2.12. The molecule has 9 heteroatoms. The van der Waals surface area contributed by atoms with Crippen LogP contribution in [0.25, 0.3) is 0 Å². The molecule has 0 bridgehead atoms. The number of benzene rings is 1. The van der Waals surface area contributed by atoms with Crippen molar-refractivity contribution in [2.75, 3.05) is 6.54 Å². The third kappa shape index (κ3) is 4.18. The van der Waals surface area contributed by atoms with Crippen LogP contribution >= 0.6 is 0 Å². The monoisotopic (exact) mass is 394 g/mol. The number of rotatable bonds is 6. The van der Waals surface area contributed by atoms with Crippen molar-refractivity contribution in [3.63, 3.8) is 0 Å². The number of hydrogen-bond acceptors (Lipinski definition) is 6. The van der Waals surface area contributed by atoms with E-state index in [1.54, 1.807) is 11.0 Å². The molecule has 1 aromatic carbocycles. The Morgan fingerprint density at radius 1 is 1.21 bits per heavy atom. The average molecular weight is 394 g/mol. The fourth-order valence-electron chi connectivity index (χ4n) is 3.57. The first-order valence-corrected chi connectivity index (χ1v) is 10.1. The largest absolute Gasteiger partial charge is 0.327 e. The van der Waals surface area contributed by atoms with Gasteiger partial charge in [0.2, 0.25) is 0 Å². The van der Waals surface area contributed by atoms with Crippen LogP contribution in [0.1, 0.15) is 60.8 Å². The Hall–Kier alpha value is -3.10. The number of aryl methyl sites for hydroxylation is 1. The van der Waals surface area contributed by atoms with Crippen molar-refractivity contribution in [2.45, 2.75) is 52.7 Å². The van der Waals surface area contributed by atoms with E-state index in [-0.39, 0.29) is 11.9 Å². The van der Waals surface area contributed by atoms with Crippen molar-refractivity contribution < 1.29 is 4.79 Å². The zero-order valence-electron chi connectivity index (χ0n) is 17.1. The smallest absolute Gasteiger partial charge is 0.254 e. The minimum absolute atomic E-state index is 0.0180. The van der Waals surface area contributed by atoms with E-state index in [0.29, 0.717) is 31.1 Å². The maximum absolute atomic E-state index is 13.1. The predicted molar refractivity (Wildman–Crippen MR) is 106 cm³/mol. The van der Waals surface area contributed by atoms with Crippen LogP contribution in [0.5, 0.6) is 0 Å². The van der Waals surface area contributed by atoms with E-state index in [0.717, 1.165) is 30.1 Å². The van der Waals surface area contributed by atoms with Crippen molar-refractivity contribution in [2.24, 2.45) is 5.92 Å². The lowest BCUT2D eigenvalue weighted by molar-refractivity contribution is 0.0630. The van der Waals surface area contributed by atoms with Gasteiger partial charge in [-0.15, -0.1) is 5.10 Å². The quantitative estimate of drug-likeness (QED) is 0.636. The number of hydrogen-bond donors (Lipinski definition) is 0. The lowest BCUT2D eigenvalue weighted by Gasteiger charge is -2.33. The molecule has 3 heterocycles. The lowest BCUT2D eigenvalue weighted by atomic mass is 10.1. The first kappa shape index (κ1) is 19.2. The topological polar surface area (TPSA) is 94.6 Å². The molecule has 1 aliphatic rings. The molecule has 1 aliphatic heterocycles. The van der Waals surface area contributed by atoms with E-state index in [1.165, 1.54) is 0 Å². The van der Waals surface area contributed by atoms with Crippen LogP contribution in [0.4, 0.5) is 0 Å². The number of nitrogens with zero attached hydrogens (tertiary/aromatic N) is 8. The highest BCUT2D eigenvalue weighted by Gasteiger charge is 2.31. The molecule has 0 aliphatic carbocycles. The van der Waals surface area contributed by atoms with Crippen LogP contribution in [0, 0.1) is 5.92 Å². The molecule has 29 heavy (non-hydrogen) atoms. The number of aromatic nitrogens is 7. The molecule has 4 rings (SSSR count). The summed E-state index contributed by atoms with van der Waals surface area (Å²) in [6, 6.07) is 7.51. The van der Waals surface area contributed by atoms with Crippen LogP contribution in [0.2, 0.25) is 0 Å². The van der Waals surface area contributed by atoms with Crippen LogP contribution in [0.3, 0.4) is 0 Å². The van der Waals surface area contributed by atoms with Gasteiger partial charge in [0.25, 0.3) is 5.91 Å². The molecular formula is C20H26N8O. The molecule has 1 amide bonds. The molecule has 9 nitrogen and oxygen atoms in total. The summed E-state index contributed by atoms with van der Waals surface area (Å²) in [7, 11) is 0. The van der Waals surface area contributed by atoms with Gasteiger partial charge in [0.05, 0.1) is 19.1 Å². The van der Waals surface area contributed by atoms with Gasteiger partial charge in [-0.2, -0.15) is 5.10 Å². The van der Waals surface area contributed by atoms with E-state index in [1.807, 2.05) is 40.8 Å². The molecule has 0 saturated carbocycles. The highest BCUT2D eigenvalue weighted by atomic mass is 16.2. The fourth-order valence-corrected chi connectivity index (χ4v) is 3.57. The summed E-state index contributed by atoms with van der Waals surface area (Å²) in [6.07, 6.45) is 3.51. The van der Waals surface area contributed by atoms with Crippen LogP contribution in [-0.4, -0.2) is 52.3 Å². The average Bonchev–Trinajstić information content (AvgIpc) is 3.37. The van der Waals surface area contributed by atoms with Crippen LogP contribution < -0.4 is 0 Å². The first-order chi connectivity index (χ1) is 14.0. The summed E-state index contributed by atoms with van der Waals surface area (Å²) < 4.78 is 3.60. The second kappa shape index (κ2) is 8.10. The van der Waals surface area contributed by atoms with Crippen molar-refractivity contribution in [3.05, 3.63) is 53.4 Å². The summed E-state index contributed by atoms with van der Waals surface area (Å²) in [4.78, 5) is 19.7. The number of tetrazole rings is 1. The van der Waals surface area contributed by atoms with Crippen LogP contribution in [0.15, 0.2) is 30.6 Å². The second-order valence-corrected chi connectivity index (χ2v) is 7.92. The van der Waals surface area contributed by atoms with E-state index < -0.39 is 0 Å². The summed E-state index contributed by atoms with van der Waals surface area (Å²) in [5.74, 6) is 2.39. The summed E-state index contributed by atoms with van der Waals surface area (Å²) in [5, 5.41) is 15.8. The number of carbonyl (C=O) groups is 1. The molecule has 3 aromatic rings. The van der Waals surface area contributed by atoms with E-state index in [4.69, 9.17) is 4.98 Å². The van der Waals surface area contributed by atoms with E-state index >= 15 is 0 Å². The Balaban J connectivity index is 1.45. The molecule has 0 saturated heterocycles. The summed E-state index contributed by atoms with van der Waals surface area (Å²) in [6.45, 7) is 8.31. The van der Waals surface area contributed by atoms with Gasteiger partial charge in [0.15, 0.2) is 5.82 Å². The van der Waals surface area contributed by atoms with Gasteiger partial charge in [0, 0.05) is 18.5 Å². The minimum atomic E-state index is -0.0996. The Morgan fingerprint density at radius 3 is 2.69 bits per heavy atom. The lowest BCUT2D eigenvalue weighted by Crippen LogP contribution is -2.41. The second-order valence-electron chi connectivity index (χ2n) is 7.92. The first-order valence-electron chi connectivity index (χ1n) is 10.1. The van der Waals surface area contributed by atoms with Crippen LogP contribution in [-0.2, 0) is 19.5 Å². The molecule has 0 fully saturated rings. The molecule has 0 spiro atoms. The Kier molecular flexibility index (Phi) is 5.37. The van der Waals surface area contributed by atoms with Crippen molar-refractivity contribution in [1.82, 2.24) is 39.9 Å². The van der Waals surface area contributed by atoms with Crippen molar-refractivity contribution >= 4 is 5.91 Å². The molecule has 152 valence electrons. The summed E-state index contributed by atoms with van der Waals surface area (Å²) in [5.41, 5.74) is 1.71. The number of carbonyl (C=O) groups excluding carboxylic acids is 1. The molecule has 0 radical (unpaired) electrons. The normalized spacial score (nSPS) is 16.3. The molecule has 1 atom stereocenters. The van der Waals surface area contributed by atoms with Gasteiger partial charge in [0.1, 0.15) is 12.2 Å². The fraction of sp³-hybridized carbons (Fsp3) is 0.500. The number of fused-ring (bicyclic) bond motifs is 1. The number of amides is 1. The zero-order chi connectivity index (χ0) is 20.4. The van der Waals surface area contributed by atoms with E-state index in [2.05, 4.69) is 34.5 Å². The van der Waals surface area contributed by atoms with Gasteiger partial charge in [-0.05, 0) is 47.4 Å². The van der Waals surface area contributed by atoms with Crippen molar-refractivity contribution in [1.29, 1.82) is 0 Å². The molecule has 2 aromatic heterocycles. The Bertz CT molecular complexity index is 961. The standard InChI is InChI=1S/C20H26N8O/c1-14(2)4-9-18-22-19-15(3)27(10-11-28(19)23-18)20(29)17-7-5-16(6-8-17)12-26-13-21-24-25-26/h5-8,13-15H,4,9-12H2,1-3H3/t15-/m1/s1. The third-order valence-electron chi connectivity index (χ3n) is 5.28. The van der Waals surface area contributed by atoms with Gasteiger partial charge >= 0.3 is 0 Å². The third-order valence-corrected chi connectivity index (χ3v) is 5.28. The Morgan fingerprint density at radius 2 is 2.00 bits per heavy atom. The van der Waals surface area contributed by atoms with Gasteiger partial charge in [-0.3, -0.25) is 4.79 Å². The maximum Gasteiger partial charge on any atom is 0.254 e. The SMILES string of the molecule is CC(C)CCc1nc2n(n1)CCN(C(=O)c1ccc(Cn3cnnn3)cc1)[C@@H]2C. The maximum atomic E-state index is 13.1. The molecule has 0 unspecified atom stereocenters. The molecular weight excluding hydrogens is 368 g/mol. The van der Waals surface area contributed by atoms with Gasteiger partial charge in [-0.1, -0.05) is 26.0 Å². The zero-order valence-corrected chi connectivity index (χ0v) is 17.1. The highest BCUT2D eigenvalue weighted by Crippen LogP contribution is 2.25. The molecule has 0 N–H and O–H groups in total. The highest BCUT2D eigenvalue weighted by molar-refractivity contribution is 5.94. The Labute approximate surface area is 169 Å². The summed E-state index contributed by atoms with van der Waals surface area (Å²) >= 11 is 0. The van der Waals surface area contributed by atoms with Crippen molar-refractivity contribution in [3.8, 4) is 0 Å². The minimum Gasteiger partial charge on any atom is -0.327 e. The van der Waals surface area contributed by atoms with E-state index in [9.17, 15) is 4.79 Å².